The Labute approximate surface area is 151 Å². The minimum absolute atomic E-state index is 0.0163. The molecule has 0 saturated carbocycles. The van der Waals surface area contributed by atoms with Crippen LogP contribution >= 0.6 is 0 Å². The number of benzene rings is 1. The Morgan fingerprint density at radius 2 is 1.41 bits per heavy atom. The number of rotatable bonds is 2. The molecule has 0 radical (unpaired) electrons. The number of carbonyl (C=O) groups excluding carboxylic acids is 1. The molecule has 1 aliphatic rings. The van der Waals surface area contributed by atoms with Gasteiger partial charge in [0.2, 0.25) is 10.0 Å². The maximum Gasteiger partial charge on any atom is 0.416 e. The summed E-state index contributed by atoms with van der Waals surface area (Å²) in [5, 5.41) is 0. The highest BCUT2D eigenvalue weighted by Gasteiger charge is 2.38. The fourth-order valence-electron chi connectivity index (χ4n) is 2.69. The third kappa shape index (κ3) is 5.34. The maximum atomic E-state index is 12.9. The van der Waals surface area contributed by atoms with Crippen LogP contribution in [0.25, 0.3) is 0 Å². The Morgan fingerprint density at radius 3 is 1.85 bits per heavy atom. The third-order valence-corrected chi connectivity index (χ3v) is 5.35. The molecule has 2 rings (SSSR count). The van der Waals surface area contributed by atoms with Crippen LogP contribution in [0.2, 0.25) is 0 Å². The van der Waals surface area contributed by atoms with Crippen molar-refractivity contribution in [1.82, 2.24) is 9.21 Å². The van der Waals surface area contributed by atoms with Crippen molar-refractivity contribution in [2.45, 2.75) is 18.8 Å². The molecule has 0 spiro atoms. The molecule has 1 amide bonds. The van der Waals surface area contributed by atoms with Crippen LogP contribution < -0.4 is 0 Å². The summed E-state index contributed by atoms with van der Waals surface area (Å²) in [6.45, 7) is -0.0966. The number of hydrogen-bond acceptors (Lipinski definition) is 3. The second kappa shape index (κ2) is 7.30. The fraction of sp³-hybridized carbons (Fsp3) is 0.533. The van der Waals surface area contributed by atoms with E-state index in [1.807, 2.05) is 0 Å². The van der Waals surface area contributed by atoms with Crippen molar-refractivity contribution in [2.75, 3.05) is 32.4 Å². The molecule has 1 heterocycles. The van der Waals surface area contributed by atoms with Crippen molar-refractivity contribution in [3.63, 3.8) is 0 Å². The number of nitrogens with zero attached hydrogens (tertiary/aromatic N) is 2. The summed E-state index contributed by atoms with van der Waals surface area (Å²) in [6.07, 6.45) is -8.92. The van der Waals surface area contributed by atoms with Crippen molar-refractivity contribution < 1.29 is 39.6 Å². The van der Waals surface area contributed by atoms with Gasteiger partial charge in [-0.05, 0) is 24.6 Å². The molecule has 0 aromatic heterocycles. The molecule has 5 nitrogen and oxygen atoms in total. The average Bonchev–Trinajstić information content (AvgIpc) is 2.78. The summed E-state index contributed by atoms with van der Waals surface area (Å²) in [7, 11) is -3.52. The predicted octanol–water partition coefficient (Wildman–Crippen LogP) is 2.83. The highest BCUT2D eigenvalue weighted by molar-refractivity contribution is 7.88. The van der Waals surface area contributed by atoms with Crippen molar-refractivity contribution in [2.24, 2.45) is 0 Å². The monoisotopic (exact) mass is 418 g/mol. The van der Waals surface area contributed by atoms with Gasteiger partial charge in [0.15, 0.2) is 0 Å². The molecule has 0 bridgehead atoms. The highest BCUT2D eigenvalue weighted by atomic mass is 32.2. The number of hydrogen-bond donors (Lipinski definition) is 0. The van der Waals surface area contributed by atoms with Gasteiger partial charge in [-0.25, -0.2) is 12.7 Å². The number of sulfonamides is 1. The molecule has 1 aromatic carbocycles. The molecular formula is C15H16F6N2O3S. The first-order valence-electron chi connectivity index (χ1n) is 7.73. The third-order valence-electron chi connectivity index (χ3n) is 4.05. The number of halogens is 6. The topological polar surface area (TPSA) is 57.7 Å². The summed E-state index contributed by atoms with van der Waals surface area (Å²) in [5.74, 6) is -1.01. The molecule has 1 aromatic rings. The van der Waals surface area contributed by atoms with Gasteiger partial charge in [0.1, 0.15) is 0 Å². The van der Waals surface area contributed by atoms with E-state index in [0.29, 0.717) is 12.1 Å². The SMILES string of the molecule is CS(=O)(=O)N1CCCN(C(=O)c2cc(C(F)(F)F)cc(C(F)(F)F)c2)CC1. The van der Waals surface area contributed by atoms with Crippen LogP contribution in [0.5, 0.6) is 0 Å². The van der Waals surface area contributed by atoms with Crippen LogP contribution in [-0.2, 0) is 22.4 Å². The lowest BCUT2D eigenvalue weighted by molar-refractivity contribution is -0.143. The van der Waals surface area contributed by atoms with Gasteiger partial charge in [0.25, 0.3) is 5.91 Å². The molecule has 1 fully saturated rings. The first-order valence-corrected chi connectivity index (χ1v) is 9.58. The smallest absolute Gasteiger partial charge is 0.337 e. The molecular weight excluding hydrogens is 402 g/mol. The maximum absolute atomic E-state index is 12.9. The zero-order valence-corrected chi connectivity index (χ0v) is 14.9. The quantitative estimate of drug-likeness (QED) is 0.695. The lowest BCUT2D eigenvalue weighted by Crippen LogP contribution is -2.37. The second-order valence-corrected chi connectivity index (χ2v) is 8.08. The molecule has 1 saturated heterocycles. The summed E-state index contributed by atoms with van der Waals surface area (Å²) >= 11 is 0. The van der Waals surface area contributed by atoms with Crippen LogP contribution in [0, 0.1) is 0 Å². The zero-order valence-electron chi connectivity index (χ0n) is 14.1. The fourth-order valence-corrected chi connectivity index (χ4v) is 3.56. The molecule has 0 unspecified atom stereocenters. The molecule has 0 atom stereocenters. The normalized spacial score (nSPS) is 17.7. The molecule has 152 valence electrons. The Morgan fingerprint density at radius 1 is 0.889 bits per heavy atom. The lowest BCUT2D eigenvalue weighted by atomic mass is 10.0. The summed E-state index contributed by atoms with van der Waals surface area (Å²) in [5.41, 5.74) is -3.90. The Kier molecular flexibility index (Phi) is 5.81. The lowest BCUT2D eigenvalue weighted by Gasteiger charge is -2.22. The average molecular weight is 418 g/mol. The van der Waals surface area contributed by atoms with E-state index in [-0.39, 0.29) is 38.7 Å². The molecule has 0 aliphatic carbocycles. The van der Waals surface area contributed by atoms with E-state index < -0.39 is 45.0 Å². The Hall–Kier alpha value is -1.82. The number of amides is 1. The second-order valence-electron chi connectivity index (χ2n) is 6.10. The number of alkyl halides is 6. The molecule has 27 heavy (non-hydrogen) atoms. The van der Waals surface area contributed by atoms with Crippen molar-refractivity contribution in [3.05, 3.63) is 34.9 Å². The Bertz CT molecular complexity index is 788. The largest absolute Gasteiger partial charge is 0.416 e. The standard InChI is InChI=1S/C15H16F6N2O3S/c1-27(25,26)23-4-2-3-22(5-6-23)13(24)10-7-11(14(16,17)18)9-12(8-10)15(19,20)21/h7-9H,2-6H2,1H3. The first-order chi connectivity index (χ1) is 12.2. The van der Waals surface area contributed by atoms with Crippen LogP contribution in [0.1, 0.15) is 27.9 Å². The summed E-state index contributed by atoms with van der Waals surface area (Å²) in [4.78, 5) is 13.5. The van der Waals surface area contributed by atoms with Crippen LogP contribution in [0.15, 0.2) is 18.2 Å². The van der Waals surface area contributed by atoms with Gasteiger partial charge in [0, 0.05) is 31.7 Å². The molecule has 12 heteroatoms. The van der Waals surface area contributed by atoms with Gasteiger partial charge in [-0.3, -0.25) is 4.79 Å². The van der Waals surface area contributed by atoms with E-state index in [1.54, 1.807) is 0 Å². The van der Waals surface area contributed by atoms with E-state index in [4.69, 9.17) is 0 Å². The van der Waals surface area contributed by atoms with Gasteiger partial charge < -0.3 is 4.90 Å². The Balaban J connectivity index is 2.35. The van der Waals surface area contributed by atoms with Gasteiger partial charge in [-0.1, -0.05) is 0 Å². The minimum Gasteiger partial charge on any atom is -0.337 e. The van der Waals surface area contributed by atoms with Gasteiger partial charge in [-0.15, -0.1) is 0 Å². The minimum atomic E-state index is -5.05. The van der Waals surface area contributed by atoms with Crippen LogP contribution in [0.3, 0.4) is 0 Å². The first kappa shape index (κ1) is 21.5. The predicted molar refractivity (Wildman–Crippen MR) is 83.4 cm³/mol. The van der Waals surface area contributed by atoms with E-state index in [2.05, 4.69) is 0 Å². The van der Waals surface area contributed by atoms with E-state index in [0.717, 1.165) is 15.5 Å². The van der Waals surface area contributed by atoms with Crippen molar-refractivity contribution in [3.8, 4) is 0 Å². The highest BCUT2D eigenvalue weighted by Crippen LogP contribution is 2.36. The molecule has 0 N–H and O–H groups in total. The van der Waals surface area contributed by atoms with Gasteiger partial charge >= 0.3 is 12.4 Å². The number of carbonyl (C=O) groups is 1. The van der Waals surface area contributed by atoms with Gasteiger partial charge in [0.05, 0.1) is 17.4 Å². The van der Waals surface area contributed by atoms with E-state index >= 15 is 0 Å². The summed E-state index contributed by atoms with van der Waals surface area (Å²) in [6, 6.07) is 0.693. The summed E-state index contributed by atoms with van der Waals surface area (Å²) < 4.78 is 102. The van der Waals surface area contributed by atoms with Crippen LogP contribution in [-0.4, -0.2) is 56.0 Å². The van der Waals surface area contributed by atoms with Gasteiger partial charge in [-0.2, -0.15) is 26.3 Å². The van der Waals surface area contributed by atoms with E-state index in [1.165, 1.54) is 0 Å². The van der Waals surface area contributed by atoms with Crippen LogP contribution in [0.4, 0.5) is 26.3 Å². The van der Waals surface area contributed by atoms with Crippen molar-refractivity contribution in [1.29, 1.82) is 0 Å². The molecule has 1 aliphatic heterocycles. The zero-order chi connectivity index (χ0) is 20.6. The van der Waals surface area contributed by atoms with E-state index in [9.17, 15) is 39.6 Å². The van der Waals surface area contributed by atoms with Crippen molar-refractivity contribution >= 4 is 15.9 Å².